The van der Waals surface area contributed by atoms with E-state index in [1.807, 2.05) is 42.5 Å². The monoisotopic (exact) mass is 328 g/mol. The van der Waals surface area contributed by atoms with E-state index in [2.05, 4.69) is 10.3 Å². The Hall–Kier alpha value is -2.46. The van der Waals surface area contributed by atoms with Crippen LogP contribution in [0.25, 0.3) is 10.9 Å². The van der Waals surface area contributed by atoms with Gasteiger partial charge in [0.15, 0.2) is 11.5 Å². The molecule has 118 valence electrons. The van der Waals surface area contributed by atoms with Crippen LogP contribution in [0, 0.1) is 0 Å². The first-order chi connectivity index (χ1) is 11.2. The summed E-state index contributed by atoms with van der Waals surface area (Å²) in [7, 11) is 3.26. The molecule has 1 heterocycles. The van der Waals surface area contributed by atoms with E-state index in [-0.39, 0.29) is 0 Å². The van der Waals surface area contributed by atoms with Gasteiger partial charge >= 0.3 is 0 Å². The molecule has 0 bridgehead atoms. The Morgan fingerprint density at radius 2 is 1.83 bits per heavy atom. The summed E-state index contributed by atoms with van der Waals surface area (Å²) in [6.45, 7) is 0.669. The number of aromatic nitrogens is 1. The number of nitrogens with zero attached hydrogens (tertiary/aromatic N) is 1. The van der Waals surface area contributed by atoms with Gasteiger partial charge in [-0.1, -0.05) is 17.7 Å². The van der Waals surface area contributed by atoms with Crippen LogP contribution in [-0.2, 0) is 6.54 Å². The number of fused-ring (bicyclic) bond motifs is 1. The lowest BCUT2D eigenvalue weighted by atomic mass is 10.1. The van der Waals surface area contributed by atoms with Gasteiger partial charge in [-0.2, -0.15) is 0 Å². The highest BCUT2D eigenvalue weighted by atomic mass is 35.5. The molecule has 0 spiro atoms. The maximum Gasteiger partial charge on any atom is 0.161 e. The van der Waals surface area contributed by atoms with E-state index in [1.54, 1.807) is 20.4 Å². The molecular weight excluding hydrogens is 312 g/mol. The van der Waals surface area contributed by atoms with Crippen molar-refractivity contribution in [1.82, 2.24) is 4.98 Å². The lowest BCUT2D eigenvalue weighted by molar-refractivity contribution is 0.354. The first kappa shape index (κ1) is 15.4. The van der Waals surface area contributed by atoms with Crippen molar-refractivity contribution >= 4 is 28.2 Å². The van der Waals surface area contributed by atoms with Crippen LogP contribution < -0.4 is 14.8 Å². The highest BCUT2D eigenvalue weighted by Crippen LogP contribution is 2.29. The lowest BCUT2D eigenvalue weighted by Gasteiger charge is -2.12. The second-order valence-electron chi connectivity index (χ2n) is 5.06. The van der Waals surface area contributed by atoms with Gasteiger partial charge in [0.2, 0.25) is 0 Å². The van der Waals surface area contributed by atoms with E-state index in [0.29, 0.717) is 11.6 Å². The number of methoxy groups -OCH3 is 2. The zero-order valence-corrected chi connectivity index (χ0v) is 13.7. The number of pyridine rings is 1. The van der Waals surface area contributed by atoms with Gasteiger partial charge in [-0.25, -0.2) is 0 Å². The molecule has 0 aliphatic heterocycles. The van der Waals surface area contributed by atoms with Crippen LogP contribution in [0.1, 0.15) is 5.56 Å². The van der Waals surface area contributed by atoms with E-state index in [1.165, 1.54) is 0 Å². The Kier molecular flexibility index (Phi) is 4.53. The molecule has 0 radical (unpaired) electrons. The third-order valence-corrected chi connectivity index (χ3v) is 3.87. The minimum absolute atomic E-state index is 0.669. The Morgan fingerprint density at radius 3 is 2.61 bits per heavy atom. The minimum Gasteiger partial charge on any atom is -0.493 e. The molecule has 3 rings (SSSR count). The fourth-order valence-corrected chi connectivity index (χ4v) is 2.63. The summed E-state index contributed by atoms with van der Waals surface area (Å²) in [5.41, 5.74) is 2.98. The first-order valence-corrected chi connectivity index (χ1v) is 7.58. The maximum atomic E-state index is 6.02. The van der Waals surface area contributed by atoms with Crippen molar-refractivity contribution < 1.29 is 9.47 Å². The smallest absolute Gasteiger partial charge is 0.161 e. The average molecular weight is 329 g/mol. The number of halogens is 1. The number of ether oxygens (including phenoxy) is 2. The summed E-state index contributed by atoms with van der Waals surface area (Å²) in [6.07, 6.45) is 1.77. The van der Waals surface area contributed by atoms with Crippen LogP contribution in [-0.4, -0.2) is 19.2 Å². The predicted octanol–water partition coefficient (Wildman–Crippen LogP) is 4.52. The Bertz CT molecular complexity index is 836. The summed E-state index contributed by atoms with van der Waals surface area (Å²) < 4.78 is 10.6. The molecule has 1 N–H and O–H groups in total. The molecule has 0 atom stereocenters. The van der Waals surface area contributed by atoms with Gasteiger partial charge in [-0.05, 0) is 42.0 Å². The first-order valence-electron chi connectivity index (χ1n) is 7.20. The van der Waals surface area contributed by atoms with E-state index in [4.69, 9.17) is 21.1 Å². The summed E-state index contributed by atoms with van der Waals surface area (Å²) in [5.74, 6) is 1.44. The van der Waals surface area contributed by atoms with E-state index >= 15 is 0 Å². The van der Waals surface area contributed by atoms with Crippen molar-refractivity contribution in [3.63, 3.8) is 0 Å². The van der Waals surface area contributed by atoms with Crippen molar-refractivity contribution in [3.8, 4) is 11.5 Å². The summed E-state index contributed by atoms with van der Waals surface area (Å²) in [4.78, 5) is 4.35. The largest absolute Gasteiger partial charge is 0.493 e. The molecule has 2 aromatic carbocycles. The van der Waals surface area contributed by atoms with Crippen molar-refractivity contribution in [2.45, 2.75) is 6.54 Å². The van der Waals surface area contributed by atoms with Crippen LogP contribution in [0.15, 0.2) is 48.7 Å². The molecule has 0 fully saturated rings. The van der Waals surface area contributed by atoms with Gasteiger partial charge in [-0.3, -0.25) is 4.98 Å². The van der Waals surface area contributed by atoms with Crippen LogP contribution in [0.5, 0.6) is 11.5 Å². The van der Waals surface area contributed by atoms with Crippen LogP contribution >= 0.6 is 11.6 Å². The minimum atomic E-state index is 0.669. The zero-order valence-electron chi connectivity index (χ0n) is 13.0. The molecule has 23 heavy (non-hydrogen) atoms. The Labute approximate surface area is 140 Å². The summed E-state index contributed by atoms with van der Waals surface area (Å²) in [5, 5.41) is 5.15. The average Bonchev–Trinajstić information content (AvgIpc) is 2.59. The molecule has 0 aliphatic rings. The summed E-state index contributed by atoms with van der Waals surface area (Å²) in [6, 6.07) is 13.5. The molecule has 3 aromatic rings. The van der Waals surface area contributed by atoms with Crippen LogP contribution in [0.2, 0.25) is 5.02 Å². The number of hydrogen-bond acceptors (Lipinski definition) is 4. The second-order valence-corrected chi connectivity index (χ2v) is 5.50. The van der Waals surface area contributed by atoms with Crippen LogP contribution in [0.4, 0.5) is 5.69 Å². The molecule has 5 heteroatoms. The Balaban J connectivity index is 1.83. The standard InChI is InChI=1S/C18H17ClN2O2/c1-22-17-6-3-12(9-18(17)23-2)11-21-15-7-8-20-16-10-13(19)4-5-14(15)16/h3-10H,11H2,1-2H3,(H,20,21). The SMILES string of the molecule is COc1ccc(CNc2ccnc3cc(Cl)ccc23)cc1OC. The number of benzene rings is 2. The zero-order chi connectivity index (χ0) is 16.2. The fraction of sp³-hybridized carbons (Fsp3) is 0.167. The normalized spacial score (nSPS) is 10.6. The molecule has 0 unspecified atom stereocenters. The fourth-order valence-electron chi connectivity index (χ4n) is 2.46. The third kappa shape index (κ3) is 3.32. The maximum absolute atomic E-state index is 6.02. The third-order valence-electron chi connectivity index (χ3n) is 3.64. The molecule has 4 nitrogen and oxygen atoms in total. The number of hydrogen-bond donors (Lipinski definition) is 1. The molecule has 0 aliphatic carbocycles. The van der Waals surface area contributed by atoms with Gasteiger partial charge in [0.1, 0.15) is 0 Å². The van der Waals surface area contributed by atoms with Gasteiger partial charge in [-0.15, -0.1) is 0 Å². The summed E-state index contributed by atoms with van der Waals surface area (Å²) >= 11 is 6.02. The van der Waals surface area contributed by atoms with Crippen molar-refractivity contribution in [1.29, 1.82) is 0 Å². The number of anilines is 1. The molecule has 0 saturated carbocycles. The van der Waals surface area contributed by atoms with Crippen molar-refractivity contribution in [2.75, 3.05) is 19.5 Å². The second kappa shape index (κ2) is 6.75. The van der Waals surface area contributed by atoms with E-state index in [0.717, 1.165) is 33.7 Å². The highest BCUT2D eigenvalue weighted by molar-refractivity contribution is 6.31. The highest BCUT2D eigenvalue weighted by Gasteiger charge is 2.06. The van der Waals surface area contributed by atoms with E-state index < -0.39 is 0 Å². The number of nitrogens with one attached hydrogen (secondary N) is 1. The molecular formula is C18H17ClN2O2. The van der Waals surface area contributed by atoms with Gasteiger partial charge < -0.3 is 14.8 Å². The molecule has 1 aromatic heterocycles. The quantitative estimate of drug-likeness (QED) is 0.748. The lowest BCUT2D eigenvalue weighted by Crippen LogP contribution is -2.01. The number of rotatable bonds is 5. The molecule has 0 saturated heterocycles. The Morgan fingerprint density at radius 1 is 1.00 bits per heavy atom. The predicted molar refractivity (Wildman–Crippen MR) is 93.6 cm³/mol. The van der Waals surface area contributed by atoms with E-state index in [9.17, 15) is 0 Å². The van der Waals surface area contributed by atoms with Crippen molar-refractivity contribution in [2.24, 2.45) is 0 Å². The van der Waals surface area contributed by atoms with Crippen molar-refractivity contribution in [3.05, 3.63) is 59.2 Å². The molecule has 0 amide bonds. The van der Waals surface area contributed by atoms with Gasteiger partial charge in [0, 0.05) is 28.8 Å². The van der Waals surface area contributed by atoms with Crippen LogP contribution in [0.3, 0.4) is 0 Å². The van der Waals surface area contributed by atoms with Gasteiger partial charge in [0.25, 0.3) is 0 Å². The van der Waals surface area contributed by atoms with Gasteiger partial charge in [0.05, 0.1) is 19.7 Å². The topological polar surface area (TPSA) is 43.4 Å².